The zero-order valence-corrected chi connectivity index (χ0v) is 11.6. The van der Waals surface area contributed by atoms with Crippen LogP contribution in [0.3, 0.4) is 0 Å². The van der Waals surface area contributed by atoms with Crippen LogP contribution in [-0.2, 0) is 9.53 Å². The van der Waals surface area contributed by atoms with Crippen molar-refractivity contribution >= 4 is 23.4 Å². The van der Waals surface area contributed by atoms with Crippen LogP contribution in [-0.4, -0.2) is 42.4 Å². The molecule has 0 atom stereocenters. The van der Waals surface area contributed by atoms with Crippen LogP contribution >= 0.6 is 0 Å². The lowest BCUT2D eigenvalue weighted by Crippen LogP contribution is -2.24. The molecule has 0 aliphatic carbocycles. The summed E-state index contributed by atoms with van der Waals surface area (Å²) in [4.78, 5) is 36.2. The lowest BCUT2D eigenvalue weighted by atomic mass is 10.1. The third-order valence-corrected chi connectivity index (χ3v) is 2.92. The van der Waals surface area contributed by atoms with Crippen LogP contribution in [0.1, 0.15) is 34.6 Å². The van der Waals surface area contributed by atoms with Gasteiger partial charge in [-0.25, -0.2) is 0 Å². The van der Waals surface area contributed by atoms with Crippen LogP contribution in [0, 0.1) is 0 Å². The minimum Gasteiger partial charge on any atom is -0.369 e. The summed E-state index contributed by atoms with van der Waals surface area (Å²) in [5.41, 5.74) is 1.13. The summed E-state index contributed by atoms with van der Waals surface area (Å²) in [6.45, 7) is 3.62. The van der Waals surface area contributed by atoms with E-state index in [1.807, 2.05) is 13.8 Å². The molecule has 0 fully saturated rings. The average molecular weight is 276 g/mol. The van der Waals surface area contributed by atoms with E-state index < -0.39 is 0 Å². The van der Waals surface area contributed by atoms with Crippen molar-refractivity contribution in [3.63, 3.8) is 0 Å². The fourth-order valence-electron chi connectivity index (χ4n) is 1.88. The number of nitrogens with one attached hydrogen (secondary N) is 1. The van der Waals surface area contributed by atoms with E-state index in [-0.39, 0.29) is 30.4 Å². The maximum Gasteiger partial charge on any atom is 0.261 e. The molecule has 1 aromatic carbocycles. The normalized spacial score (nSPS) is 13.9. The van der Waals surface area contributed by atoms with Crippen molar-refractivity contribution in [3.8, 4) is 0 Å². The van der Waals surface area contributed by atoms with E-state index in [2.05, 4.69) is 5.32 Å². The van der Waals surface area contributed by atoms with E-state index in [1.165, 1.54) is 19.2 Å². The number of hydrogen-bond acceptors (Lipinski definition) is 4. The van der Waals surface area contributed by atoms with Crippen molar-refractivity contribution in [3.05, 3.63) is 29.3 Å². The summed E-state index contributed by atoms with van der Waals surface area (Å²) in [7, 11) is 1.43. The molecule has 1 heterocycles. The Morgan fingerprint density at radius 2 is 1.90 bits per heavy atom. The summed E-state index contributed by atoms with van der Waals surface area (Å²) in [5.74, 6) is -0.991. The SMILES string of the molecule is CC(C)OCC(=O)Nc1ccc2c(c1)C(=O)N(C)C2=O. The Labute approximate surface area is 116 Å². The molecule has 6 heteroatoms. The van der Waals surface area contributed by atoms with Gasteiger partial charge in [-0.05, 0) is 32.0 Å². The minimum atomic E-state index is -0.362. The van der Waals surface area contributed by atoms with Crippen molar-refractivity contribution in [2.45, 2.75) is 20.0 Å². The van der Waals surface area contributed by atoms with Crippen LogP contribution in [0.2, 0.25) is 0 Å². The predicted molar refractivity (Wildman–Crippen MR) is 72.6 cm³/mol. The first-order valence-corrected chi connectivity index (χ1v) is 6.28. The molecular formula is C14H16N2O4. The number of nitrogens with zero attached hydrogens (tertiary/aromatic N) is 1. The van der Waals surface area contributed by atoms with Gasteiger partial charge in [0.05, 0.1) is 17.2 Å². The second-order valence-corrected chi connectivity index (χ2v) is 4.84. The molecule has 0 radical (unpaired) electrons. The third-order valence-electron chi connectivity index (χ3n) is 2.92. The fourth-order valence-corrected chi connectivity index (χ4v) is 1.88. The molecule has 2 rings (SSSR count). The molecule has 6 nitrogen and oxygen atoms in total. The zero-order valence-electron chi connectivity index (χ0n) is 11.6. The summed E-state index contributed by atoms with van der Waals surface area (Å²) < 4.78 is 5.18. The van der Waals surface area contributed by atoms with E-state index in [1.54, 1.807) is 6.07 Å². The molecule has 3 amide bonds. The fraction of sp³-hybridized carbons (Fsp3) is 0.357. The van der Waals surface area contributed by atoms with E-state index in [0.717, 1.165) is 4.90 Å². The van der Waals surface area contributed by atoms with Crippen LogP contribution in [0.4, 0.5) is 5.69 Å². The Bertz CT molecular complexity index is 581. The number of ether oxygens (including phenoxy) is 1. The van der Waals surface area contributed by atoms with Gasteiger partial charge in [0.25, 0.3) is 11.8 Å². The third kappa shape index (κ3) is 2.70. The van der Waals surface area contributed by atoms with Crippen molar-refractivity contribution in [1.29, 1.82) is 0 Å². The Morgan fingerprint density at radius 1 is 1.25 bits per heavy atom. The Kier molecular flexibility index (Phi) is 3.85. The lowest BCUT2D eigenvalue weighted by Gasteiger charge is -2.08. The van der Waals surface area contributed by atoms with Crippen molar-refractivity contribution < 1.29 is 19.1 Å². The summed E-state index contributed by atoms with van der Waals surface area (Å²) >= 11 is 0. The van der Waals surface area contributed by atoms with Gasteiger partial charge in [0.15, 0.2) is 0 Å². The Morgan fingerprint density at radius 3 is 2.55 bits per heavy atom. The predicted octanol–water partition coefficient (Wildman–Crippen LogP) is 1.28. The van der Waals surface area contributed by atoms with Crippen LogP contribution < -0.4 is 5.32 Å². The number of carbonyl (C=O) groups is 3. The first-order valence-electron chi connectivity index (χ1n) is 6.28. The van der Waals surface area contributed by atoms with Gasteiger partial charge >= 0.3 is 0 Å². The number of fused-ring (bicyclic) bond motifs is 1. The molecule has 0 saturated heterocycles. The van der Waals surface area contributed by atoms with E-state index in [9.17, 15) is 14.4 Å². The maximum atomic E-state index is 11.8. The molecule has 1 N–H and O–H groups in total. The summed E-state index contributed by atoms with van der Waals surface area (Å²) in [5, 5.41) is 2.63. The molecule has 1 aliphatic rings. The monoisotopic (exact) mass is 276 g/mol. The standard InChI is InChI=1S/C14H16N2O4/c1-8(2)20-7-12(17)15-9-4-5-10-11(6-9)14(19)16(3)13(10)18/h4-6,8H,7H2,1-3H3,(H,15,17). The number of amides is 3. The van der Waals surface area contributed by atoms with E-state index in [4.69, 9.17) is 4.74 Å². The van der Waals surface area contributed by atoms with Gasteiger partial charge in [-0.15, -0.1) is 0 Å². The Hall–Kier alpha value is -2.21. The van der Waals surface area contributed by atoms with Crippen LogP contribution in [0.25, 0.3) is 0 Å². The molecule has 0 spiro atoms. The molecule has 0 saturated carbocycles. The quantitative estimate of drug-likeness (QED) is 0.840. The van der Waals surface area contributed by atoms with Gasteiger partial charge < -0.3 is 10.1 Å². The van der Waals surface area contributed by atoms with Gasteiger partial charge in [0.2, 0.25) is 5.91 Å². The van der Waals surface area contributed by atoms with Gasteiger partial charge in [0, 0.05) is 12.7 Å². The largest absolute Gasteiger partial charge is 0.369 e. The highest BCUT2D eigenvalue weighted by molar-refractivity contribution is 6.21. The number of anilines is 1. The molecule has 0 unspecified atom stereocenters. The molecular weight excluding hydrogens is 260 g/mol. The molecule has 106 valence electrons. The van der Waals surface area contributed by atoms with Gasteiger partial charge in [-0.2, -0.15) is 0 Å². The molecule has 20 heavy (non-hydrogen) atoms. The zero-order chi connectivity index (χ0) is 14.9. The molecule has 1 aromatic rings. The first kappa shape index (κ1) is 14.2. The molecule has 1 aliphatic heterocycles. The van der Waals surface area contributed by atoms with Gasteiger partial charge in [-0.1, -0.05) is 0 Å². The minimum absolute atomic E-state index is 0.0337. The highest BCUT2D eigenvalue weighted by Crippen LogP contribution is 2.24. The topological polar surface area (TPSA) is 75.7 Å². The second kappa shape index (κ2) is 5.42. The number of rotatable bonds is 4. The van der Waals surface area contributed by atoms with E-state index in [0.29, 0.717) is 16.8 Å². The van der Waals surface area contributed by atoms with Crippen LogP contribution in [0.15, 0.2) is 18.2 Å². The maximum absolute atomic E-state index is 11.8. The second-order valence-electron chi connectivity index (χ2n) is 4.84. The van der Waals surface area contributed by atoms with Gasteiger partial charge in [0.1, 0.15) is 6.61 Å². The van der Waals surface area contributed by atoms with Crippen LogP contribution in [0.5, 0.6) is 0 Å². The first-order chi connectivity index (χ1) is 9.40. The number of imide groups is 1. The highest BCUT2D eigenvalue weighted by Gasteiger charge is 2.32. The Balaban J connectivity index is 2.11. The van der Waals surface area contributed by atoms with Crippen molar-refractivity contribution in [1.82, 2.24) is 4.90 Å². The summed E-state index contributed by atoms with van der Waals surface area (Å²) in [6.07, 6.45) is -0.0337. The van der Waals surface area contributed by atoms with Gasteiger partial charge in [-0.3, -0.25) is 19.3 Å². The number of carbonyl (C=O) groups excluding carboxylic acids is 3. The number of hydrogen-bond donors (Lipinski definition) is 1. The van der Waals surface area contributed by atoms with E-state index >= 15 is 0 Å². The summed E-state index contributed by atoms with van der Waals surface area (Å²) in [6, 6.07) is 4.64. The number of benzene rings is 1. The smallest absolute Gasteiger partial charge is 0.261 e. The molecule has 0 bridgehead atoms. The molecule has 0 aromatic heterocycles. The van der Waals surface area contributed by atoms with Crippen molar-refractivity contribution in [2.24, 2.45) is 0 Å². The lowest BCUT2D eigenvalue weighted by molar-refractivity contribution is -0.121. The van der Waals surface area contributed by atoms with Crippen molar-refractivity contribution in [2.75, 3.05) is 19.0 Å². The average Bonchev–Trinajstić information content (AvgIpc) is 2.62. The highest BCUT2D eigenvalue weighted by atomic mass is 16.5.